The molecule has 0 aromatic carbocycles. The quantitative estimate of drug-likeness (QED) is 0.601. The van der Waals surface area contributed by atoms with Crippen molar-refractivity contribution in [2.75, 3.05) is 0 Å². The van der Waals surface area contributed by atoms with Crippen molar-refractivity contribution in [3.05, 3.63) is 24.6 Å². The third kappa shape index (κ3) is 8.65. The molecule has 0 aliphatic carbocycles. The van der Waals surface area contributed by atoms with Crippen LogP contribution < -0.4 is 0 Å². The van der Waals surface area contributed by atoms with E-state index in [9.17, 15) is 40.3 Å². The monoisotopic (exact) mass is 326 g/mol. The molecular formula is C10H9F7O4. The molecule has 0 radical (unpaired) electrons. The summed E-state index contributed by atoms with van der Waals surface area (Å²) < 4.78 is 83.4. The summed E-state index contributed by atoms with van der Waals surface area (Å²) >= 11 is 0. The van der Waals surface area contributed by atoms with Gasteiger partial charge in [-0.3, -0.25) is 0 Å². The molecule has 21 heavy (non-hydrogen) atoms. The van der Waals surface area contributed by atoms with Gasteiger partial charge in [-0.2, -0.15) is 26.3 Å². The minimum absolute atomic E-state index is 1.32. The maximum absolute atomic E-state index is 12.6. The standard InChI is InChI=1S/C7H6F6O2.C3H3FO2/c1-3(5(14)15)7(12,13)4(8)2-6(9,10)11;1-2(4)3(5)6/h4H,1-2H2,(H,14,15);1H2,(H,5,6). The summed E-state index contributed by atoms with van der Waals surface area (Å²) in [6, 6.07) is 0. The van der Waals surface area contributed by atoms with Gasteiger partial charge in [0.15, 0.2) is 6.17 Å². The van der Waals surface area contributed by atoms with E-state index in [0.717, 1.165) is 0 Å². The zero-order valence-corrected chi connectivity index (χ0v) is 10.1. The molecule has 1 unspecified atom stereocenters. The van der Waals surface area contributed by atoms with E-state index in [4.69, 9.17) is 10.2 Å². The fraction of sp³-hybridized carbons (Fsp3) is 0.400. The number of carboxylic acid groups (broad SMARTS) is 2. The Balaban J connectivity index is 0. The van der Waals surface area contributed by atoms with E-state index >= 15 is 0 Å². The van der Waals surface area contributed by atoms with Crippen molar-refractivity contribution in [1.29, 1.82) is 0 Å². The Morgan fingerprint density at radius 3 is 1.52 bits per heavy atom. The van der Waals surface area contributed by atoms with Crippen LogP contribution in [-0.2, 0) is 9.59 Å². The second-order valence-electron chi connectivity index (χ2n) is 3.40. The van der Waals surface area contributed by atoms with Crippen LogP contribution in [0.25, 0.3) is 0 Å². The molecule has 1 atom stereocenters. The van der Waals surface area contributed by atoms with Gasteiger partial charge in [-0.1, -0.05) is 13.2 Å². The Kier molecular flexibility index (Phi) is 7.73. The van der Waals surface area contributed by atoms with Gasteiger partial charge in [-0.25, -0.2) is 14.0 Å². The van der Waals surface area contributed by atoms with Crippen LogP contribution in [0.2, 0.25) is 0 Å². The van der Waals surface area contributed by atoms with Gasteiger partial charge in [0.25, 0.3) is 0 Å². The van der Waals surface area contributed by atoms with Crippen molar-refractivity contribution in [2.45, 2.75) is 24.7 Å². The van der Waals surface area contributed by atoms with Gasteiger partial charge in [0, 0.05) is 0 Å². The van der Waals surface area contributed by atoms with Gasteiger partial charge in [-0.15, -0.1) is 0 Å². The largest absolute Gasteiger partial charge is 0.478 e. The Bertz CT molecular complexity index is 416. The number of rotatable bonds is 5. The zero-order chi connectivity index (χ0) is 17.6. The summed E-state index contributed by atoms with van der Waals surface area (Å²) in [6.07, 6.45) is -11.2. The Morgan fingerprint density at radius 1 is 1.00 bits per heavy atom. The predicted molar refractivity (Wildman–Crippen MR) is 55.2 cm³/mol. The number of halogens is 7. The molecule has 0 aliphatic heterocycles. The highest BCUT2D eigenvalue weighted by atomic mass is 19.4. The topological polar surface area (TPSA) is 74.6 Å². The molecular weight excluding hydrogens is 317 g/mol. The Morgan fingerprint density at radius 2 is 1.33 bits per heavy atom. The summed E-state index contributed by atoms with van der Waals surface area (Å²) in [4.78, 5) is 19.2. The lowest BCUT2D eigenvalue weighted by Gasteiger charge is -2.21. The lowest BCUT2D eigenvalue weighted by atomic mass is 10.0. The number of hydrogen-bond donors (Lipinski definition) is 2. The minimum atomic E-state index is -5.14. The van der Waals surface area contributed by atoms with Crippen molar-refractivity contribution in [2.24, 2.45) is 0 Å². The van der Waals surface area contributed by atoms with Crippen LogP contribution in [0, 0.1) is 0 Å². The van der Waals surface area contributed by atoms with Crippen LogP contribution in [-0.4, -0.2) is 40.4 Å². The van der Waals surface area contributed by atoms with E-state index < -0.39 is 48.0 Å². The van der Waals surface area contributed by atoms with Gasteiger partial charge in [0.05, 0.1) is 6.42 Å². The first-order chi connectivity index (χ1) is 9.12. The highest BCUT2D eigenvalue weighted by Gasteiger charge is 2.50. The molecule has 0 aliphatic rings. The molecule has 0 saturated carbocycles. The molecule has 0 amide bonds. The van der Waals surface area contributed by atoms with Crippen LogP contribution >= 0.6 is 0 Å². The fourth-order valence-corrected chi connectivity index (χ4v) is 0.663. The van der Waals surface area contributed by atoms with Crippen LogP contribution in [0.5, 0.6) is 0 Å². The van der Waals surface area contributed by atoms with Gasteiger partial charge in [0.2, 0.25) is 5.83 Å². The number of carboxylic acids is 2. The normalized spacial score (nSPS) is 12.7. The van der Waals surface area contributed by atoms with Crippen LogP contribution in [0.1, 0.15) is 6.42 Å². The molecule has 0 aromatic heterocycles. The first kappa shape index (κ1) is 21.2. The lowest BCUT2D eigenvalue weighted by Crippen LogP contribution is -2.38. The number of hydrogen-bond acceptors (Lipinski definition) is 2. The number of carbonyl (C=O) groups is 2. The van der Waals surface area contributed by atoms with Crippen molar-refractivity contribution in [1.82, 2.24) is 0 Å². The number of alkyl halides is 6. The Labute approximate surface area is 113 Å². The third-order valence-corrected chi connectivity index (χ3v) is 1.70. The molecule has 4 nitrogen and oxygen atoms in total. The molecule has 11 heteroatoms. The molecule has 0 fully saturated rings. The zero-order valence-electron chi connectivity index (χ0n) is 10.1. The van der Waals surface area contributed by atoms with Crippen molar-refractivity contribution >= 4 is 11.9 Å². The van der Waals surface area contributed by atoms with Crippen LogP contribution in [0.15, 0.2) is 24.6 Å². The summed E-state index contributed by atoms with van der Waals surface area (Å²) in [7, 11) is 0. The average molecular weight is 326 g/mol. The second kappa shape index (κ2) is 7.64. The molecule has 2 N–H and O–H groups in total. The SMILES string of the molecule is C=C(C(=O)O)C(F)(F)C(F)CC(F)(F)F.C=C(F)C(=O)O. The second-order valence-corrected chi connectivity index (χ2v) is 3.40. The van der Waals surface area contributed by atoms with Crippen LogP contribution in [0.3, 0.4) is 0 Å². The van der Waals surface area contributed by atoms with Crippen molar-refractivity contribution < 1.29 is 50.5 Å². The Hall–Kier alpha value is -2.07. The molecule has 0 aromatic rings. The summed E-state index contributed by atoms with van der Waals surface area (Å²) in [6.45, 7) is 4.81. The molecule has 0 heterocycles. The molecule has 0 bridgehead atoms. The molecule has 0 saturated heterocycles. The van der Waals surface area contributed by atoms with E-state index in [0.29, 0.717) is 0 Å². The summed E-state index contributed by atoms with van der Waals surface area (Å²) in [5.41, 5.74) is -1.90. The van der Waals surface area contributed by atoms with Gasteiger partial charge in [0.1, 0.15) is 5.57 Å². The van der Waals surface area contributed by atoms with E-state index in [-0.39, 0.29) is 0 Å². The summed E-state index contributed by atoms with van der Waals surface area (Å²) in [5, 5.41) is 15.6. The minimum Gasteiger partial charge on any atom is -0.478 e. The first-order valence-electron chi connectivity index (χ1n) is 4.72. The van der Waals surface area contributed by atoms with E-state index in [1.54, 1.807) is 0 Å². The maximum Gasteiger partial charge on any atom is 0.392 e. The van der Waals surface area contributed by atoms with Gasteiger partial charge < -0.3 is 10.2 Å². The molecule has 0 rings (SSSR count). The van der Waals surface area contributed by atoms with E-state index in [1.807, 2.05) is 0 Å². The highest BCUT2D eigenvalue weighted by Crippen LogP contribution is 2.36. The van der Waals surface area contributed by atoms with Crippen molar-refractivity contribution in [3.8, 4) is 0 Å². The highest BCUT2D eigenvalue weighted by molar-refractivity contribution is 5.87. The third-order valence-electron chi connectivity index (χ3n) is 1.70. The van der Waals surface area contributed by atoms with E-state index in [1.165, 1.54) is 0 Å². The first-order valence-corrected chi connectivity index (χ1v) is 4.72. The van der Waals surface area contributed by atoms with E-state index in [2.05, 4.69) is 13.2 Å². The number of aliphatic carboxylic acids is 2. The predicted octanol–water partition coefficient (Wildman–Crippen LogP) is 3.11. The average Bonchev–Trinajstić information content (AvgIpc) is 2.25. The summed E-state index contributed by atoms with van der Waals surface area (Å²) in [5.74, 6) is -9.91. The lowest BCUT2D eigenvalue weighted by molar-refractivity contribution is -0.173. The van der Waals surface area contributed by atoms with Crippen LogP contribution in [0.4, 0.5) is 30.7 Å². The van der Waals surface area contributed by atoms with Gasteiger partial charge in [-0.05, 0) is 0 Å². The smallest absolute Gasteiger partial charge is 0.392 e. The van der Waals surface area contributed by atoms with Gasteiger partial charge >= 0.3 is 24.0 Å². The fourth-order valence-electron chi connectivity index (χ4n) is 0.663. The van der Waals surface area contributed by atoms with Crippen molar-refractivity contribution in [3.63, 3.8) is 0 Å². The molecule has 122 valence electrons. The molecule has 0 spiro atoms. The maximum atomic E-state index is 12.6.